The van der Waals surface area contributed by atoms with Crippen LogP contribution in [0.15, 0.2) is 48.8 Å². The predicted molar refractivity (Wildman–Crippen MR) is 77.2 cm³/mol. The summed E-state index contributed by atoms with van der Waals surface area (Å²) >= 11 is 0. The van der Waals surface area contributed by atoms with E-state index in [-0.39, 0.29) is 0 Å². The van der Waals surface area contributed by atoms with Gasteiger partial charge in [0.25, 0.3) is 0 Å². The van der Waals surface area contributed by atoms with E-state index >= 15 is 0 Å². The van der Waals surface area contributed by atoms with Crippen molar-refractivity contribution in [2.75, 3.05) is 13.2 Å². The molecule has 0 aliphatic heterocycles. The van der Waals surface area contributed by atoms with Crippen molar-refractivity contribution in [1.29, 1.82) is 5.26 Å². The molecule has 2 rings (SSSR count). The van der Waals surface area contributed by atoms with Gasteiger partial charge in [-0.2, -0.15) is 5.26 Å². The Morgan fingerprint density at radius 3 is 2.85 bits per heavy atom. The molecule has 102 valence electrons. The highest BCUT2D eigenvalue weighted by molar-refractivity contribution is 5.40. The molecule has 0 aliphatic carbocycles. The number of aromatic nitrogens is 1. The Hall–Kier alpha value is -2.38. The van der Waals surface area contributed by atoms with E-state index < -0.39 is 0 Å². The first-order valence-corrected chi connectivity index (χ1v) is 6.61. The number of hydrogen-bond acceptors (Lipinski definition) is 4. The number of nitriles is 1. The third-order valence-corrected chi connectivity index (χ3v) is 2.83. The highest BCUT2D eigenvalue weighted by Gasteiger charge is 2.01. The molecule has 20 heavy (non-hydrogen) atoms. The van der Waals surface area contributed by atoms with E-state index in [0.717, 1.165) is 19.5 Å². The predicted octanol–water partition coefficient (Wildman–Crippen LogP) is 2.51. The zero-order chi connectivity index (χ0) is 14.0. The van der Waals surface area contributed by atoms with E-state index in [0.29, 0.717) is 17.9 Å². The van der Waals surface area contributed by atoms with E-state index in [2.05, 4.69) is 28.5 Å². The summed E-state index contributed by atoms with van der Waals surface area (Å²) in [6.45, 7) is 2.30. The van der Waals surface area contributed by atoms with Gasteiger partial charge < -0.3 is 10.1 Å². The van der Waals surface area contributed by atoms with Gasteiger partial charge in [-0.1, -0.05) is 30.3 Å². The Morgan fingerprint density at radius 1 is 1.20 bits per heavy atom. The summed E-state index contributed by atoms with van der Waals surface area (Å²) in [6, 6.07) is 14.0. The Bertz CT molecular complexity index is 563. The number of nitrogens with one attached hydrogen (secondary N) is 1. The van der Waals surface area contributed by atoms with Crippen molar-refractivity contribution in [3.05, 3.63) is 59.9 Å². The number of nitrogens with zero attached hydrogens (tertiary/aromatic N) is 2. The third kappa shape index (κ3) is 4.38. The Labute approximate surface area is 119 Å². The molecule has 2 aromatic rings. The van der Waals surface area contributed by atoms with Crippen LogP contribution < -0.4 is 10.1 Å². The average molecular weight is 267 g/mol. The van der Waals surface area contributed by atoms with Gasteiger partial charge in [-0.3, -0.25) is 4.98 Å². The van der Waals surface area contributed by atoms with Gasteiger partial charge in [-0.15, -0.1) is 0 Å². The fourth-order valence-corrected chi connectivity index (χ4v) is 1.80. The lowest BCUT2D eigenvalue weighted by Gasteiger charge is -2.08. The van der Waals surface area contributed by atoms with Crippen LogP contribution in [-0.2, 0) is 6.54 Å². The second-order valence-corrected chi connectivity index (χ2v) is 4.35. The lowest BCUT2D eigenvalue weighted by molar-refractivity contribution is 0.306. The third-order valence-electron chi connectivity index (χ3n) is 2.83. The van der Waals surface area contributed by atoms with Crippen molar-refractivity contribution in [2.45, 2.75) is 13.0 Å². The summed E-state index contributed by atoms with van der Waals surface area (Å²) in [4.78, 5) is 3.96. The van der Waals surface area contributed by atoms with Gasteiger partial charge >= 0.3 is 0 Å². The molecule has 0 bridgehead atoms. The molecule has 0 unspecified atom stereocenters. The lowest BCUT2D eigenvalue weighted by Crippen LogP contribution is -2.17. The van der Waals surface area contributed by atoms with E-state index in [9.17, 15) is 0 Å². The van der Waals surface area contributed by atoms with Gasteiger partial charge in [0, 0.05) is 12.7 Å². The van der Waals surface area contributed by atoms with Crippen LogP contribution in [-0.4, -0.2) is 18.1 Å². The molecule has 0 atom stereocenters. The van der Waals surface area contributed by atoms with Crippen LogP contribution in [0.5, 0.6) is 5.75 Å². The van der Waals surface area contributed by atoms with Gasteiger partial charge in [0.15, 0.2) is 5.75 Å². The Morgan fingerprint density at radius 2 is 2.05 bits per heavy atom. The largest absolute Gasteiger partial charge is 0.491 e. The first kappa shape index (κ1) is 14.0. The van der Waals surface area contributed by atoms with E-state index in [1.807, 2.05) is 18.2 Å². The molecule has 4 heteroatoms. The molecule has 1 aromatic heterocycles. The molecule has 1 heterocycles. The first-order chi connectivity index (χ1) is 9.90. The fraction of sp³-hybridized carbons (Fsp3) is 0.250. The standard InChI is InChI=1S/C16H17N3O/c17-11-15-7-9-19-13-16(15)20-10-4-8-18-12-14-5-2-1-3-6-14/h1-3,5-7,9,13,18H,4,8,10,12H2. The minimum absolute atomic E-state index is 0.525. The first-order valence-electron chi connectivity index (χ1n) is 6.61. The lowest BCUT2D eigenvalue weighted by atomic mass is 10.2. The van der Waals surface area contributed by atoms with Crippen LogP contribution in [0.1, 0.15) is 17.5 Å². The van der Waals surface area contributed by atoms with E-state index in [1.165, 1.54) is 5.56 Å². The number of rotatable bonds is 7. The number of ether oxygens (including phenoxy) is 1. The van der Waals surface area contributed by atoms with Gasteiger partial charge in [-0.25, -0.2) is 0 Å². The van der Waals surface area contributed by atoms with E-state index in [4.69, 9.17) is 10.00 Å². The maximum absolute atomic E-state index is 8.92. The van der Waals surface area contributed by atoms with Crippen molar-refractivity contribution < 1.29 is 4.74 Å². The Kier molecular flexibility index (Phi) is 5.56. The normalized spacial score (nSPS) is 9.95. The molecule has 1 aromatic carbocycles. The minimum Gasteiger partial charge on any atom is -0.491 e. The van der Waals surface area contributed by atoms with Gasteiger partial charge in [0.1, 0.15) is 6.07 Å². The molecule has 0 saturated carbocycles. The van der Waals surface area contributed by atoms with Crippen molar-refractivity contribution in [3.8, 4) is 11.8 Å². The second-order valence-electron chi connectivity index (χ2n) is 4.35. The van der Waals surface area contributed by atoms with Crippen LogP contribution in [0.3, 0.4) is 0 Å². The number of pyridine rings is 1. The molecule has 0 spiro atoms. The maximum Gasteiger partial charge on any atom is 0.155 e. The number of benzene rings is 1. The molecule has 0 saturated heterocycles. The molecular formula is C16H17N3O. The highest BCUT2D eigenvalue weighted by Crippen LogP contribution is 2.14. The number of hydrogen-bond donors (Lipinski definition) is 1. The van der Waals surface area contributed by atoms with Gasteiger partial charge in [-0.05, 0) is 24.6 Å². The highest BCUT2D eigenvalue weighted by atomic mass is 16.5. The van der Waals surface area contributed by atoms with Crippen LogP contribution >= 0.6 is 0 Å². The molecule has 0 fully saturated rings. The molecular weight excluding hydrogens is 250 g/mol. The van der Waals surface area contributed by atoms with Crippen molar-refractivity contribution in [1.82, 2.24) is 10.3 Å². The molecule has 0 aliphatic rings. The van der Waals surface area contributed by atoms with Crippen LogP contribution in [0.25, 0.3) is 0 Å². The quantitative estimate of drug-likeness (QED) is 0.783. The summed E-state index contributed by atoms with van der Waals surface area (Å²) in [5.41, 5.74) is 1.80. The average Bonchev–Trinajstić information content (AvgIpc) is 2.52. The summed E-state index contributed by atoms with van der Waals surface area (Å²) in [5.74, 6) is 0.554. The van der Waals surface area contributed by atoms with Crippen LogP contribution in [0.4, 0.5) is 0 Å². The topological polar surface area (TPSA) is 57.9 Å². The summed E-state index contributed by atoms with van der Waals surface area (Å²) in [5, 5.41) is 12.3. The van der Waals surface area contributed by atoms with E-state index in [1.54, 1.807) is 18.5 Å². The maximum atomic E-state index is 8.92. The minimum atomic E-state index is 0.525. The zero-order valence-electron chi connectivity index (χ0n) is 11.2. The summed E-state index contributed by atoms with van der Waals surface area (Å²) < 4.78 is 5.56. The van der Waals surface area contributed by atoms with Crippen molar-refractivity contribution in [2.24, 2.45) is 0 Å². The SMILES string of the molecule is N#Cc1ccncc1OCCCNCc1ccccc1. The van der Waals surface area contributed by atoms with Crippen LogP contribution in [0, 0.1) is 11.3 Å². The zero-order valence-corrected chi connectivity index (χ0v) is 11.2. The molecule has 4 nitrogen and oxygen atoms in total. The molecule has 0 radical (unpaired) electrons. The Balaban J connectivity index is 1.64. The smallest absolute Gasteiger partial charge is 0.155 e. The monoisotopic (exact) mass is 267 g/mol. The fourth-order valence-electron chi connectivity index (χ4n) is 1.80. The second kappa shape index (κ2) is 7.93. The molecule has 1 N–H and O–H groups in total. The van der Waals surface area contributed by atoms with Gasteiger partial charge in [0.2, 0.25) is 0 Å². The van der Waals surface area contributed by atoms with Crippen molar-refractivity contribution in [3.63, 3.8) is 0 Å². The van der Waals surface area contributed by atoms with Crippen LogP contribution in [0.2, 0.25) is 0 Å². The molecule has 0 amide bonds. The summed E-state index contributed by atoms with van der Waals surface area (Å²) in [6.07, 6.45) is 4.05. The van der Waals surface area contributed by atoms with Crippen molar-refractivity contribution >= 4 is 0 Å². The summed E-state index contributed by atoms with van der Waals surface area (Å²) in [7, 11) is 0. The van der Waals surface area contributed by atoms with Gasteiger partial charge in [0.05, 0.1) is 18.4 Å².